The number of ether oxygens (including phenoxy) is 1. The number of rotatable bonds is 11. The van der Waals surface area contributed by atoms with Gasteiger partial charge in [0.1, 0.15) is 5.78 Å². The van der Waals surface area contributed by atoms with E-state index in [4.69, 9.17) is 16.3 Å². The van der Waals surface area contributed by atoms with Crippen molar-refractivity contribution in [3.63, 3.8) is 0 Å². The molecule has 1 aromatic carbocycles. The van der Waals surface area contributed by atoms with Crippen LogP contribution in [-0.2, 0) is 24.2 Å². The number of hydrogen-bond acceptors (Lipinski definition) is 5. The molecule has 0 unspecified atom stereocenters. The molecular formula is C26H33ClF2N2O2S. The van der Waals surface area contributed by atoms with Gasteiger partial charge in [0.25, 0.3) is 11.6 Å². The van der Waals surface area contributed by atoms with E-state index in [0.29, 0.717) is 29.7 Å². The van der Waals surface area contributed by atoms with Crippen LogP contribution in [0.2, 0.25) is 5.02 Å². The zero-order chi connectivity index (χ0) is 23.9. The molecule has 1 aliphatic heterocycles. The average molecular weight is 511 g/mol. The molecule has 34 heavy (non-hydrogen) atoms. The highest BCUT2D eigenvalue weighted by atomic mass is 35.5. The van der Waals surface area contributed by atoms with E-state index in [-0.39, 0.29) is 0 Å². The standard InChI is InChI=1S/C26H33ClF2N2O2S/c27-22-4-2-1-3-20(22)9-10-21(32)15-19-7-5-18(6-8-19)11-13-31-14-12-24-23(16-31)30-26(34-24)33-17-25(28)29/h1-4,18-19,25H,5-17H2. The number of carbonyl (C=O) groups is 1. The third kappa shape index (κ3) is 7.46. The summed E-state index contributed by atoms with van der Waals surface area (Å²) in [5.74, 6) is 1.60. The minimum Gasteiger partial charge on any atom is -0.464 e. The quantitative estimate of drug-likeness (QED) is 0.342. The molecule has 0 spiro atoms. The van der Waals surface area contributed by atoms with Gasteiger partial charge in [-0.1, -0.05) is 54.0 Å². The van der Waals surface area contributed by atoms with Gasteiger partial charge in [0.15, 0.2) is 6.61 Å². The second-order valence-electron chi connectivity index (χ2n) is 9.59. The van der Waals surface area contributed by atoms with Crippen molar-refractivity contribution in [2.75, 3.05) is 19.7 Å². The molecule has 4 nitrogen and oxygen atoms in total. The highest BCUT2D eigenvalue weighted by Crippen LogP contribution is 2.34. The van der Waals surface area contributed by atoms with Gasteiger partial charge in [-0.15, -0.1) is 0 Å². The number of aryl methyl sites for hydroxylation is 1. The van der Waals surface area contributed by atoms with Crippen LogP contribution in [0.5, 0.6) is 5.19 Å². The van der Waals surface area contributed by atoms with Gasteiger partial charge in [-0.2, -0.15) is 0 Å². The molecule has 2 aromatic rings. The van der Waals surface area contributed by atoms with Gasteiger partial charge in [0.2, 0.25) is 0 Å². The summed E-state index contributed by atoms with van der Waals surface area (Å²) in [6, 6.07) is 7.76. The minimum atomic E-state index is -2.47. The van der Waals surface area contributed by atoms with Crippen LogP contribution >= 0.6 is 22.9 Å². The van der Waals surface area contributed by atoms with Crippen molar-refractivity contribution < 1.29 is 18.3 Å². The first-order chi connectivity index (χ1) is 16.5. The summed E-state index contributed by atoms with van der Waals surface area (Å²) in [5, 5.41) is 1.11. The highest BCUT2D eigenvalue weighted by molar-refractivity contribution is 7.13. The van der Waals surface area contributed by atoms with Crippen LogP contribution in [0.1, 0.15) is 61.1 Å². The first-order valence-corrected chi connectivity index (χ1v) is 13.5. The van der Waals surface area contributed by atoms with E-state index in [2.05, 4.69) is 9.88 Å². The number of carbonyl (C=O) groups excluding carboxylic acids is 1. The zero-order valence-corrected chi connectivity index (χ0v) is 21.1. The lowest BCUT2D eigenvalue weighted by atomic mass is 9.78. The zero-order valence-electron chi connectivity index (χ0n) is 19.5. The lowest BCUT2D eigenvalue weighted by molar-refractivity contribution is -0.120. The Morgan fingerprint density at radius 2 is 1.97 bits per heavy atom. The second kappa shape index (κ2) is 12.4. The molecule has 1 saturated carbocycles. The molecule has 4 rings (SSSR count). The van der Waals surface area contributed by atoms with Crippen LogP contribution in [0.3, 0.4) is 0 Å². The Balaban J connectivity index is 1.13. The number of aromatic nitrogens is 1. The summed E-state index contributed by atoms with van der Waals surface area (Å²) in [6.45, 7) is 2.21. The number of hydrogen-bond donors (Lipinski definition) is 0. The van der Waals surface area contributed by atoms with Crippen molar-refractivity contribution in [3.05, 3.63) is 45.4 Å². The SMILES string of the molecule is O=C(CCc1ccccc1Cl)CC1CCC(CCN2CCc3sc(OCC(F)F)nc3C2)CC1. The predicted octanol–water partition coefficient (Wildman–Crippen LogP) is 6.59. The average Bonchev–Trinajstić information content (AvgIpc) is 3.24. The predicted molar refractivity (Wildman–Crippen MR) is 132 cm³/mol. The molecule has 0 amide bonds. The molecule has 2 heterocycles. The molecule has 1 fully saturated rings. The van der Waals surface area contributed by atoms with Crippen molar-refractivity contribution in [2.45, 2.75) is 70.8 Å². The van der Waals surface area contributed by atoms with Gasteiger partial charge in [-0.3, -0.25) is 9.69 Å². The Morgan fingerprint density at radius 3 is 2.74 bits per heavy atom. The van der Waals surface area contributed by atoms with Gasteiger partial charge in [-0.05, 0) is 62.1 Å². The minimum absolute atomic E-state index is 0.354. The third-order valence-electron chi connectivity index (χ3n) is 7.09. The third-order valence-corrected chi connectivity index (χ3v) is 8.53. The van der Waals surface area contributed by atoms with Gasteiger partial charge < -0.3 is 4.74 Å². The number of Topliss-reactive ketones (excluding diaryl/α,β-unsaturated/α-hetero) is 1. The lowest BCUT2D eigenvalue weighted by Gasteiger charge is -2.31. The van der Waals surface area contributed by atoms with Crippen LogP contribution in [-0.4, -0.2) is 41.8 Å². The Hall–Kier alpha value is -1.57. The first-order valence-electron chi connectivity index (χ1n) is 12.3. The molecule has 8 heteroatoms. The van der Waals surface area contributed by atoms with E-state index in [1.54, 1.807) is 0 Å². The lowest BCUT2D eigenvalue weighted by Crippen LogP contribution is -2.32. The van der Waals surface area contributed by atoms with Crippen molar-refractivity contribution in [3.8, 4) is 5.19 Å². The van der Waals surface area contributed by atoms with Gasteiger partial charge in [-0.25, -0.2) is 13.8 Å². The summed E-state index contributed by atoms with van der Waals surface area (Å²) >= 11 is 7.61. The normalized spacial score (nSPS) is 20.9. The number of nitrogens with zero attached hydrogens (tertiary/aromatic N) is 2. The van der Waals surface area contributed by atoms with E-state index in [9.17, 15) is 13.6 Å². The second-order valence-corrected chi connectivity index (χ2v) is 11.0. The maximum absolute atomic E-state index is 12.5. The molecule has 0 atom stereocenters. The molecule has 2 aliphatic rings. The first kappa shape index (κ1) is 25.5. The van der Waals surface area contributed by atoms with E-state index in [0.717, 1.165) is 67.5 Å². The molecule has 0 saturated heterocycles. The molecule has 0 radical (unpaired) electrons. The Morgan fingerprint density at radius 1 is 1.21 bits per heavy atom. The van der Waals surface area contributed by atoms with Gasteiger partial charge >= 0.3 is 0 Å². The van der Waals surface area contributed by atoms with Crippen molar-refractivity contribution in [1.82, 2.24) is 9.88 Å². The van der Waals surface area contributed by atoms with Crippen LogP contribution in [0.15, 0.2) is 24.3 Å². The van der Waals surface area contributed by atoms with E-state index in [1.807, 2.05) is 24.3 Å². The van der Waals surface area contributed by atoms with Crippen LogP contribution in [0.25, 0.3) is 0 Å². The number of ketones is 1. The van der Waals surface area contributed by atoms with Crippen LogP contribution in [0.4, 0.5) is 8.78 Å². The van der Waals surface area contributed by atoms with E-state index < -0.39 is 13.0 Å². The fourth-order valence-electron chi connectivity index (χ4n) is 5.10. The van der Waals surface area contributed by atoms with Gasteiger partial charge in [0, 0.05) is 35.8 Å². The Bertz CT molecular complexity index is 947. The molecule has 1 aromatic heterocycles. The number of fused-ring (bicyclic) bond motifs is 1. The molecule has 186 valence electrons. The highest BCUT2D eigenvalue weighted by Gasteiger charge is 2.25. The maximum atomic E-state index is 12.5. The van der Waals surface area contributed by atoms with E-state index >= 15 is 0 Å². The fraction of sp³-hybridized carbons (Fsp3) is 0.615. The van der Waals surface area contributed by atoms with Crippen molar-refractivity contribution in [2.24, 2.45) is 11.8 Å². The monoisotopic (exact) mass is 510 g/mol. The Kier molecular flexibility index (Phi) is 9.31. The molecule has 1 aliphatic carbocycles. The summed E-state index contributed by atoms with van der Waals surface area (Å²) in [5.41, 5.74) is 2.04. The number of thiazole rings is 1. The largest absolute Gasteiger partial charge is 0.464 e. The van der Waals surface area contributed by atoms with Gasteiger partial charge in [0.05, 0.1) is 5.69 Å². The number of halogens is 3. The van der Waals surface area contributed by atoms with Crippen molar-refractivity contribution >= 4 is 28.7 Å². The molecular weight excluding hydrogens is 478 g/mol. The van der Waals surface area contributed by atoms with E-state index in [1.165, 1.54) is 35.5 Å². The maximum Gasteiger partial charge on any atom is 0.273 e. The molecule has 0 N–H and O–H groups in total. The summed E-state index contributed by atoms with van der Waals surface area (Å²) in [6.07, 6.45) is 6.29. The number of alkyl halides is 2. The van der Waals surface area contributed by atoms with Crippen molar-refractivity contribution in [1.29, 1.82) is 0 Å². The summed E-state index contributed by atoms with van der Waals surface area (Å²) < 4.78 is 29.8. The Labute approximate surface area is 209 Å². The topological polar surface area (TPSA) is 42.4 Å². The van der Waals surface area contributed by atoms with Crippen LogP contribution in [0, 0.1) is 11.8 Å². The number of benzene rings is 1. The fourth-order valence-corrected chi connectivity index (χ4v) is 6.25. The molecule has 0 bridgehead atoms. The smallest absolute Gasteiger partial charge is 0.273 e. The summed E-state index contributed by atoms with van der Waals surface area (Å²) in [4.78, 5) is 20.5. The van der Waals surface area contributed by atoms with Crippen LogP contribution < -0.4 is 4.74 Å². The summed E-state index contributed by atoms with van der Waals surface area (Å²) in [7, 11) is 0.